The first-order valence-electron chi connectivity index (χ1n) is 4.22. The molecule has 74 valence electrons. The summed E-state index contributed by atoms with van der Waals surface area (Å²) in [7, 11) is 0. The summed E-state index contributed by atoms with van der Waals surface area (Å²) in [6, 6.07) is 0. The molecule has 1 fully saturated rings. The number of hydrogen-bond acceptors (Lipinski definition) is 1. The molecular weight excluding hydrogens is 211 g/mol. The summed E-state index contributed by atoms with van der Waals surface area (Å²) in [5.74, 6) is 0.237. The van der Waals surface area contributed by atoms with Crippen molar-refractivity contribution >= 4 is 29.2 Å². The van der Waals surface area contributed by atoms with E-state index < -0.39 is 5.97 Å². The van der Waals surface area contributed by atoms with Gasteiger partial charge < -0.3 is 5.11 Å². The van der Waals surface area contributed by atoms with Crippen LogP contribution in [0.4, 0.5) is 0 Å². The minimum atomic E-state index is -0.614. The van der Waals surface area contributed by atoms with Crippen LogP contribution >= 0.6 is 23.2 Å². The van der Waals surface area contributed by atoms with Crippen molar-refractivity contribution in [3.05, 3.63) is 12.2 Å². The second kappa shape index (κ2) is 4.87. The normalized spacial score (nSPS) is 34.2. The molecule has 0 spiro atoms. The number of carbonyl (C=O) groups is 1. The van der Waals surface area contributed by atoms with Gasteiger partial charge in [-0.1, -0.05) is 12.2 Å². The molecule has 2 bridgehead atoms. The molecule has 0 aromatic heterocycles. The molecule has 2 rings (SSSR count). The van der Waals surface area contributed by atoms with Crippen LogP contribution in [0.3, 0.4) is 0 Å². The zero-order chi connectivity index (χ0) is 9.84. The maximum atomic E-state index is 10.6. The molecule has 0 aromatic rings. The zero-order valence-corrected chi connectivity index (χ0v) is 8.63. The van der Waals surface area contributed by atoms with Gasteiger partial charge in [-0.2, -0.15) is 0 Å². The molecule has 0 heterocycles. The van der Waals surface area contributed by atoms with E-state index in [-0.39, 0.29) is 11.3 Å². The fourth-order valence-corrected chi connectivity index (χ4v) is 2.06. The molecule has 2 nitrogen and oxygen atoms in total. The van der Waals surface area contributed by atoms with Gasteiger partial charge in [-0.15, -0.1) is 23.2 Å². The molecule has 2 aliphatic carbocycles. The summed E-state index contributed by atoms with van der Waals surface area (Å²) in [6.07, 6.45) is 6.17. The van der Waals surface area contributed by atoms with Crippen molar-refractivity contribution in [1.82, 2.24) is 0 Å². The van der Waals surface area contributed by atoms with Gasteiger partial charge in [0.1, 0.15) is 0 Å². The van der Waals surface area contributed by atoms with Crippen LogP contribution in [-0.2, 0) is 4.79 Å². The van der Waals surface area contributed by atoms with Crippen molar-refractivity contribution in [3.63, 3.8) is 0 Å². The Balaban J connectivity index is 0.000000251. The second-order valence-electron chi connectivity index (χ2n) is 3.33. The largest absolute Gasteiger partial charge is 0.481 e. The molecule has 0 aliphatic heterocycles. The summed E-state index contributed by atoms with van der Waals surface area (Å²) in [5, 5.41) is 8.90. The van der Waals surface area contributed by atoms with Crippen LogP contribution < -0.4 is 0 Å². The topological polar surface area (TPSA) is 37.3 Å². The molecule has 0 saturated heterocycles. The van der Waals surface area contributed by atoms with Crippen molar-refractivity contribution in [1.29, 1.82) is 0 Å². The first-order valence-corrected chi connectivity index (χ1v) is 5.29. The lowest BCUT2D eigenvalue weighted by atomic mass is 9.94. The number of fused-ring (bicyclic) bond motifs is 2. The van der Waals surface area contributed by atoms with Gasteiger partial charge >= 0.3 is 5.97 Å². The van der Waals surface area contributed by atoms with Gasteiger partial charge in [0.05, 0.1) is 11.3 Å². The molecular formula is C9H12Cl2O2. The number of hydrogen-bond donors (Lipinski definition) is 1. The Kier molecular flexibility index (Phi) is 4.07. The van der Waals surface area contributed by atoms with Crippen molar-refractivity contribution in [2.45, 2.75) is 12.8 Å². The first-order chi connectivity index (χ1) is 6.19. The molecule has 0 radical (unpaired) electrons. The third-order valence-electron chi connectivity index (χ3n) is 2.60. The van der Waals surface area contributed by atoms with Crippen LogP contribution in [-0.4, -0.2) is 16.4 Å². The summed E-state index contributed by atoms with van der Waals surface area (Å²) >= 11 is 9.53. The molecule has 1 saturated carbocycles. The number of allylic oxidation sites excluding steroid dienone is 2. The van der Waals surface area contributed by atoms with Crippen LogP contribution in [0, 0.1) is 17.8 Å². The third-order valence-corrected chi connectivity index (χ3v) is 2.60. The van der Waals surface area contributed by atoms with Crippen molar-refractivity contribution in [2.24, 2.45) is 17.8 Å². The predicted octanol–water partition coefficient (Wildman–Crippen LogP) is 2.70. The number of halogens is 2. The van der Waals surface area contributed by atoms with Crippen molar-refractivity contribution in [2.75, 3.05) is 5.34 Å². The second-order valence-corrected chi connectivity index (χ2v) is 4.13. The van der Waals surface area contributed by atoms with Gasteiger partial charge in [-0.05, 0) is 24.7 Å². The quantitative estimate of drug-likeness (QED) is 0.548. The summed E-state index contributed by atoms with van der Waals surface area (Å²) < 4.78 is 0. The highest BCUT2D eigenvalue weighted by Gasteiger charge is 2.39. The van der Waals surface area contributed by atoms with E-state index in [4.69, 9.17) is 28.3 Å². The standard InChI is InChI=1S/C8H10O2.CH2Cl2/c9-8(10)7-4-5-1-2-6(7)3-5;2-1-3/h1-2,5-7H,3-4H2,(H,9,10);1H2. The Morgan fingerprint density at radius 1 is 1.38 bits per heavy atom. The smallest absolute Gasteiger partial charge is 0.307 e. The van der Waals surface area contributed by atoms with E-state index in [0.29, 0.717) is 11.8 Å². The third kappa shape index (κ3) is 2.61. The molecule has 4 heteroatoms. The minimum Gasteiger partial charge on any atom is -0.481 e. The number of carboxylic acids is 1. The highest BCUT2D eigenvalue weighted by Crippen LogP contribution is 2.43. The maximum absolute atomic E-state index is 10.6. The number of rotatable bonds is 1. The average molecular weight is 223 g/mol. The predicted molar refractivity (Wildman–Crippen MR) is 53.1 cm³/mol. The average Bonchev–Trinajstić information content (AvgIpc) is 2.64. The van der Waals surface area contributed by atoms with E-state index in [0.717, 1.165) is 12.8 Å². The molecule has 3 unspecified atom stereocenters. The summed E-state index contributed by atoms with van der Waals surface area (Å²) in [4.78, 5) is 10.6. The molecule has 0 aromatic carbocycles. The first kappa shape index (κ1) is 10.9. The monoisotopic (exact) mass is 222 g/mol. The molecule has 2 aliphatic rings. The van der Waals surface area contributed by atoms with Gasteiger partial charge in [0.15, 0.2) is 0 Å². The van der Waals surface area contributed by atoms with E-state index in [1.54, 1.807) is 0 Å². The van der Waals surface area contributed by atoms with Crippen LogP contribution in [0.25, 0.3) is 0 Å². The lowest BCUT2D eigenvalue weighted by Crippen LogP contribution is -2.17. The minimum absolute atomic E-state index is 0.0741. The number of alkyl halides is 2. The van der Waals surface area contributed by atoms with Gasteiger partial charge in [0.25, 0.3) is 0 Å². The van der Waals surface area contributed by atoms with E-state index in [9.17, 15) is 4.79 Å². The van der Waals surface area contributed by atoms with E-state index in [1.165, 1.54) is 0 Å². The van der Waals surface area contributed by atoms with Crippen LogP contribution in [0.2, 0.25) is 0 Å². The van der Waals surface area contributed by atoms with Gasteiger partial charge in [-0.25, -0.2) is 0 Å². The molecule has 3 atom stereocenters. The lowest BCUT2D eigenvalue weighted by Gasteiger charge is -2.11. The summed E-state index contributed by atoms with van der Waals surface area (Å²) in [5.41, 5.74) is 0. The Morgan fingerprint density at radius 3 is 2.23 bits per heavy atom. The fraction of sp³-hybridized carbons (Fsp3) is 0.667. The lowest BCUT2D eigenvalue weighted by molar-refractivity contribution is -0.142. The number of carboxylic acid groups (broad SMARTS) is 1. The Hall–Kier alpha value is -0.210. The van der Waals surface area contributed by atoms with Gasteiger partial charge in [0, 0.05) is 0 Å². The Morgan fingerprint density at radius 2 is 2.00 bits per heavy atom. The molecule has 1 N–H and O–H groups in total. The van der Waals surface area contributed by atoms with Crippen LogP contribution in [0.15, 0.2) is 12.2 Å². The highest BCUT2D eigenvalue weighted by molar-refractivity contribution is 6.40. The fourth-order valence-electron chi connectivity index (χ4n) is 2.06. The van der Waals surface area contributed by atoms with Crippen molar-refractivity contribution < 1.29 is 9.90 Å². The van der Waals surface area contributed by atoms with Crippen LogP contribution in [0.1, 0.15) is 12.8 Å². The van der Waals surface area contributed by atoms with E-state index in [1.807, 2.05) is 0 Å². The van der Waals surface area contributed by atoms with E-state index >= 15 is 0 Å². The maximum Gasteiger partial charge on any atom is 0.307 e. The Bertz CT molecular complexity index is 216. The zero-order valence-electron chi connectivity index (χ0n) is 7.12. The van der Waals surface area contributed by atoms with E-state index in [2.05, 4.69) is 12.2 Å². The van der Waals surface area contributed by atoms with Gasteiger partial charge in [0.2, 0.25) is 0 Å². The van der Waals surface area contributed by atoms with Crippen molar-refractivity contribution in [3.8, 4) is 0 Å². The molecule has 13 heavy (non-hydrogen) atoms. The van der Waals surface area contributed by atoms with Crippen LogP contribution in [0.5, 0.6) is 0 Å². The highest BCUT2D eigenvalue weighted by atomic mass is 35.5. The Labute approximate surface area is 87.5 Å². The number of aliphatic carboxylic acids is 1. The summed E-state index contributed by atoms with van der Waals surface area (Å²) in [6.45, 7) is 0. The SMILES string of the molecule is ClCCl.O=C(O)C1CC2C=CC1C2. The van der Waals surface area contributed by atoms with Gasteiger partial charge in [-0.3, -0.25) is 4.79 Å². The molecule has 0 amide bonds.